The third-order valence-corrected chi connectivity index (χ3v) is 11.2. The molecule has 0 spiro atoms. The van der Waals surface area contributed by atoms with Crippen molar-refractivity contribution >= 4 is 31.1 Å². The molecule has 0 aliphatic heterocycles. The average Bonchev–Trinajstić information content (AvgIpc) is 3.80. The standard InChI is InChI=1S/C36H53N5O6Si/c1-23-30(34(42)39-25-11-13-26(14-12-25)41(35(43)44)36(2,3)4)32-33(40(23)22-46-17-18-48(6,7)8)31(37-21-38-32)28-16-15-27(45-5)19-29(28)47-20-24-9-10-24/h15-16,19,21,24-26H,9-14,17-18,20,22H2,1-8H3,(H,39,42)(H,43,44). The number of ether oxygens (including phenoxy) is 3. The molecule has 2 aliphatic rings. The SMILES string of the molecule is COc1ccc(-c2ncnc3c(C(=O)NC4CCC(N(C(=O)O)C(C)(C)C)CC4)c(C)n(COCC[Si](C)(C)C)c23)c(OCC2CC2)c1. The molecule has 2 aromatic heterocycles. The van der Waals surface area contributed by atoms with Gasteiger partial charge in [-0.15, -0.1) is 0 Å². The number of nitrogens with zero attached hydrogens (tertiary/aromatic N) is 4. The van der Waals surface area contributed by atoms with Crippen LogP contribution >= 0.6 is 0 Å². The van der Waals surface area contributed by atoms with Crippen molar-refractivity contribution in [3.63, 3.8) is 0 Å². The minimum Gasteiger partial charge on any atom is -0.497 e. The fourth-order valence-electron chi connectivity index (χ4n) is 6.62. The van der Waals surface area contributed by atoms with Crippen molar-refractivity contribution in [1.82, 2.24) is 24.8 Å². The van der Waals surface area contributed by atoms with Crippen LogP contribution in [0.4, 0.5) is 4.79 Å². The first kappa shape index (κ1) is 35.7. The van der Waals surface area contributed by atoms with Crippen LogP contribution in [0, 0.1) is 12.8 Å². The Kier molecular flexibility index (Phi) is 10.7. The Morgan fingerprint density at radius 1 is 1.08 bits per heavy atom. The Hall–Kier alpha value is -3.64. The Morgan fingerprint density at radius 3 is 2.40 bits per heavy atom. The van der Waals surface area contributed by atoms with Gasteiger partial charge in [0.05, 0.1) is 24.8 Å². The van der Waals surface area contributed by atoms with E-state index in [0.717, 1.165) is 22.8 Å². The Balaban J connectivity index is 1.47. The quantitative estimate of drug-likeness (QED) is 0.142. The van der Waals surface area contributed by atoms with E-state index in [1.165, 1.54) is 19.2 Å². The zero-order valence-electron chi connectivity index (χ0n) is 29.9. The van der Waals surface area contributed by atoms with Crippen LogP contribution in [0.2, 0.25) is 25.7 Å². The highest BCUT2D eigenvalue weighted by atomic mass is 28.3. The number of methoxy groups -OCH3 is 1. The summed E-state index contributed by atoms with van der Waals surface area (Å²) < 4.78 is 20.1. The summed E-state index contributed by atoms with van der Waals surface area (Å²) >= 11 is 0. The lowest BCUT2D eigenvalue weighted by molar-refractivity contribution is 0.0519. The van der Waals surface area contributed by atoms with E-state index >= 15 is 0 Å². The molecule has 0 unspecified atom stereocenters. The van der Waals surface area contributed by atoms with Gasteiger partial charge < -0.3 is 34.1 Å². The predicted octanol–water partition coefficient (Wildman–Crippen LogP) is 7.34. The van der Waals surface area contributed by atoms with Crippen LogP contribution in [0.5, 0.6) is 11.5 Å². The Morgan fingerprint density at radius 2 is 1.79 bits per heavy atom. The normalized spacial score (nSPS) is 18.5. The third-order valence-electron chi connectivity index (χ3n) is 9.48. The van der Waals surface area contributed by atoms with Crippen molar-refractivity contribution < 1.29 is 28.9 Å². The number of amides is 2. The molecule has 2 amide bonds. The number of hydrogen-bond acceptors (Lipinski definition) is 7. The van der Waals surface area contributed by atoms with Crippen LogP contribution in [0.15, 0.2) is 24.5 Å². The van der Waals surface area contributed by atoms with Gasteiger partial charge in [-0.2, -0.15) is 0 Å². The Bertz CT molecular complexity index is 1620. The maximum Gasteiger partial charge on any atom is 0.407 e. The number of carbonyl (C=O) groups is 2. The summed E-state index contributed by atoms with van der Waals surface area (Å²) in [5.74, 6) is 1.74. The highest BCUT2D eigenvalue weighted by Gasteiger charge is 2.36. The van der Waals surface area contributed by atoms with Gasteiger partial charge >= 0.3 is 6.09 Å². The van der Waals surface area contributed by atoms with Crippen LogP contribution in [0.1, 0.15) is 75.3 Å². The molecule has 0 atom stereocenters. The number of carboxylic acid groups (broad SMARTS) is 1. The number of fused-ring (bicyclic) bond motifs is 1. The molecule has 5 rings (SSSR count). The molecule has 2 saturated carbocycles. The number of rotatable bonds is 13. The molecule has 1 aromatic carbocycles. The zero-order valence-corrected chi connectivity index (χ0v) is 30.9. The number of aromatic nitrogens is 3. The lowest BCUT2D eigenvalue weighted by Crippen LogP contribution is -2.53. The molecule has 0 radical (unpaired) electrons. The van der Waals surface area contributed by atoms with Gasteiger partial charge in [-0.1, -0.05) is 19.6 Å². The van der Waals surface area contributed by atoms with Crippen molar-refractivity contribution in [2.45, 2.75) is 116 Å². The minimum absolute atomic E-state index is 0.0690. The van der Waals surface area contributed by atoms with Crippen molar-refractivity contribution in [2.24, 2.45) is 5.92 Å². The van der Waals surface area contributed by atoms with Crippen LogP contribution < -0.4 is 14.8 Å². The second-order valence-electron chi connectivity index (χ2n) is 15.6. The summed E-state index contributed by atoms with van der Waals surface area (Å²) in [5.41, 5.74) is 3.52. The van der Waals surface area contributed by atoms with E-state index in [-0.39, 0.29) is 24.7 Å². The van der Waals surface area contributed by atoms with Gasteiger partial charge in [0.1, 0.15) is 35.8 Å². The predicted molar refractivity (Wildman–Crippen MR) is 190 cm³/mol. The summed E-state index contributed by atoms with van der Waals surface area (Å²) in [6.07, 6.45) is 5.71. The lowest BCUT2D eigenvalue weighted by Gasteiger charge is -2.42. The van der Waals surface area contributed by atoms with Crippen LogP contribution in [0.25, 0.3) is 22.3 Å². The molecule has 2 aliphatic carbocycles. The van der Waals surface area contributed by atoms with Crippen molar-refractivity contribution in [3.8, 4) is 22.8 Å². The summed E-state index contributed by atoms with van der Waals surface area (Å²) in [6, 6.07) is 6.62. The van der Waals surface area contributed by atoms with Gasteiger partial charge in [-0.3, -0.25) is 4.79 Å². The first-order chi connectivity index (χ1) is 22.7. The largest absolute Gasteiger partial charge is 0.497 e. The summed E-state index contributed by atoms with van der Waals surface area (Å²) in [5, 5.41) is 13.2. The molecular weight excluding hydrogens is 627 g/mol. The number of nitrogens with one attached hydrogen (secondary N) is 1. The van der Waals surface area contributed by atoms with Crippen LogP contribution in [-0.4, -0.2) is 82.6 Å². The van der Waals surface area contributed by atoms with Crippen LogP contribution in [-0.2, 0) is 11.5 Å². The summed E-state index contributed by atoms with van der Waals surface area (Å²) in [6.45, 7) is 16.2. The summed E-state index contributed by atoms with van der Waals surface area (Å²) in [7, 11) is 0.328. The molecule has 11 nitrogen and oxygen atoms in total. The van der Waals surface area contributed by atoms with Crippen molar-refractivity contribution in [2.75, 3.05) is 20.3 Å². The van der Waals surface area contributed by atoms with E-state index < -0.39 is 19.7 Å². The van der Waals surface area contributed by atoms with Gasteiger partial charge in [0.2, 0.25) is 0 Å². The average molecular weight is 680 g/mol. The smallest absolute Gasteiger partial charge is 0.407 e. The lowest BCUT2D eigenvalue weighted by atomic mass is 9.88. The highest BCUT2D eigenvalue weighted by molar-refractivity contribution is 6.76. The number of carbonyl (C=O) groups excluding carboxylic acids is 1. The van der Waals surface area contributed by atoms with Gasteiger partial charge in [-0.25, -0.2) is 14.8 Å². The van der Waals surface area contributed by atoms with Gasteiger partial charge in [0.15, 0.2) is 0 Å². The van der Waals surface area contributed by atoms with E-state index in [4.69, 9.17) is 19.2 Å². The van der Waals surface area contributed by atoms with E-state index in [9.17, 15) is 14.7 Å². The second-order valence-corrected chi connectivity index (χ2v) is 21.2. The molecule has 2 N–H and O–H groups in total. The monoisotopic (exact) mass is 679 g/mol. The van der Waals surface area contributed by atoms with E-state index in [1.807, 2.05) is 50.5 Å². The number of benzene rings is 1. The molecule has 12 heteroatoms. The first-order valence-corrected chi connectivity index (χ1v) is 20.9. The topological polar surface area (TPSA) is 128 Å². The minimum atomic E-state index is -1.31. The maximum atomic E-state index is 14.1. The maximum absolute atomic E-state index is 14.1. The van der Waals surface area contributed by atoms with Crippen molar-refractivity contribution in [1.29, 1.82) is 0 Å². The molecule has 0 bridgehead atoms. The van der Waals surface area contributed by atoms with Gasteiger partial charge in [0, 0.05) is 49.6 Å². The van der Waals surface area contributed by atoms with Crippen molar-refractivity contribution in [3.05, 3.63) is 35.8 Å². The van der Waals surface area contributed by atoms with Crippen LogP contribution in [0.3, 0.4) is 0 Å². The molecule has 2 heterocycles. The first-order valence-electron chi connectivity index (χ1n) is 17.2. The summed E-state index contributed by atoms with van der Waals surface area (Å²) in [4.78, 5) is 37.2. The van der Waals surface area contributed by atoms with E-state index in [1.54, 1.807) is 12.0 Å². The molecule has 48 heavy (non-hydrogen) atoms. The molecule has 2 fully saturated rings. The fraction of sp³-hybridized carbons (Fsp3) is 0.611. The van der Waals surface area contributed by atoms with Gasteiger partial charge in [0.25, 0.3) is 5.91 Å². The van der Waals surface area contributed by atoms with Gasteiger partial charge in [-0.05, 0) is 90.3 Å². The van der Waals surface area contributed by atoms with E-state index in [0.29, 0.717) is 73.1 Å². The molecular formula is C36H53N5O6Si. The number of hydrogen-bond donors (Lipinski definition) is 2. The van der Waals surface area contributed by atoms with E-state index in [2.05, 4.69) is 29.9 Å². The molecule has 3 aromatic rings. The fourth-order valence-corrected chi connectivity index (χ4v) is 7.38. The molecule has 0 saturated heterocycles. The third kappa shape index (κ3) is 8.31. The molecule has 262 valence electrons. The Labute approximate surface area is 285 Å². The zero-order chi connectivity index (χ0) is 34.8. The highest BCUT2D eigenvalue weighted by Crippen LogP contribution is 2.39. The second kappa shape index (κ2) is 14.5.